The zero-order valence-corrected chi connectivity index (χ0v) is 9.18. The monoisotopic (exact) mass is 227 g/mol. The molecule has 0 aliphatic heterocycles. The first-order valence-corrected chi connectivity index (χ1v) is 5.22. The van der Waals surface area contributed by atoms with Crippen LogP contribution in [0.4, 0.5) is 11.4 Å². The topological polar surface area (TPSA) is 67.1 Å². The van der Waals surface area contributed by atoms with Crippen molar-refractivity contribution in [3.05, 3.63) is 60.2 Å². The molecule has 2 aromatic carbocycles. The second kappa shape index (κ2) is 5.14. The number of carbonyl (C=O) groups excluding carboxylic acids is 1. The number of hydrogen-bond acceptors (Lipinski definition) is 3. The second-order valence-corrected chi connectivity index (χ2v) is 3.54. The van der Waals surface area contributed by atoms with E-state index in [-0.39, 0.29) is 5.91 Å². The van der Waals surface area contributed by atoms with Crippen LogP contribution in [-0.2, 0) is 0 Å². The van der Waals surface area contributed by atoms with Crippen molar-refractivity contribution in [2.45, 2.75) is 0 Å². The number of nitrogens with two attached hydrogens (primary N) is 1. The van der Waals surface area contributed by atoms with E-state index in [2.05, 4.69) is 10.7 Å². The molecule has 0 saturated carbocycles. The van der Waals surface area contributed by atoms with Crippen molar-refractivity contribution in [2.75, 3.05) is 5.32 Å². The number of amides is 1. The molecule has 0 bridgehead atoms. The van der Waals surface area contributed by atoms with E-state index in [1.807, 2.05) is 42.5 Å². The fourth-order valence-corrected chi connectivity index (χ4v) is 1.48. The minimum Gasteiger partial charge on any atom is -0.356 e. The molecule has 0 spiro atoms. The van der Waals surface area contributed by atoms with E-state index >= 15 is 0 Å². The highest BCUT2D eigenvalue weighted by Gasteiger charge is 2.02. The first-order valence-electron chi connectivity index (χ1n) is 5.22. The number of rotatable bonds is 3. The van der Waals surface area contributed by atoms with E-state index in [0.29, 0.717) is 5.56 Å². The maximum Gasteiger partial charge on any atom is 0.265 e. The standard InChI is InChI=1S/C13H13N3O/c14-16-13(17)10-6-8-12(9-7-10)15-11-4-2-1-3-5-11/h1-9,15H,14H2,(H,16,17). The summed E-state index contributed by atoms with van der Waals surface area (Å²) in [7, 11) is 0. The highest BCUT2D eigenvalue weighted by atomic mass is 16.2. The number of benzene rings is 2. The quantitative estimate of drug-likeness (QED) is 0.427. The molecular weight excluding hydrogens is 214 g/mol. The molecule has 4 nitrogen and oxygen atoms in total. The Hall–Kier alpha value is -2.33. The average molecular weight is 227 g/mol. The molecule has 1 amide bonds. The number of nitrogen functional groups attached to an aromatic ring is 1. The fraction of sp³-hybridized carbons (Fsp3) is 0. The van der Waals surface area contributed by atoms with Crippen molar-refractivity contribution in [1.29, 1.82) is 0 Å². The first-order chi connectivity index (χ1) is 8.29. The van der Waals surface area contributed by atoms with Gasteiger partial charge in [-0.25, -0.2) is 5.84 Å². The summed E-state index contributed by atoms with van der Waals surface area (Å²) in [6.45, 7) is 0. The molecule has 4 heteroatoms. The molecular formula is C13H13N3O. The molecule has 4 N–H and O–H groups in total. The Balaban J connectivity index is 2.11. The van der Waals surface area contributed by atoms with E-state index in [1.54, 1.807) is 12.1 Å². The normalized spacial score (nSPS) is 9.71. The predicted molar refractivity (Wildman–Crippen MR) is 67.8 cm³/mol. The van der Waals surface area contributed by atoms with Gasteiger partial charge >= 0.3 is 0 Å². The molecule has 0 aliphatic carbocycles. The van der Waals surface area contributed by atoms with Gasteiger partial charge in [-0.3, -0.25) is 10.2 Å². The number of hydrazine groups is 1. The Bertz CT molecular complexity index is 494. The molecule has 0 saturated heterocycles. The lowest BCUT2D eigenvalue weighted by Gasteiger charge is -2.06. The highest BCUT2D eigenvalue weighted by molar-refractivity contribution is 5.94. The van der Waals surface area contributed by atoms with E-state index in [9.17, 15) is 4.79 Å². The van der Waals surface area contributed by atoms with Gasteiger partial charge in [0.1, 0.15) is 0 Å². The SMILES string of the molecule is NNC(=O)c1ccc(Nc2ccccc2)cc1. The first kappa shape index (κ1) is 11.2. The van der Waals surface area contributed by atoms with Gasteiger partial charge < -0.3 is 5.32 Å². The minimum absolute atomic E-state index is 0.295. The Labute approximate surface area is 99.4 Å². The smallest absolute Gasteiger partial charge is 0.265 e. The number of anilines is 2. The molecule has 0 fully saturated rings. The molecule has 0 heterocycles. The van der Waals surface area contributed by atoms with Crippen molar-refractivity contribution in [3.63, 3.8) is 0 Å². The fourth-order valence-electron chi connectivity index (χ4n) is 1.48. The molecule has 0 aromatic heterocycles. The summed E-state index contributed by atoms with van der Waals surface area (Å²) >= 11 is 0. The van der Waals surface area contributed by atoms with Gasteiger partial charge in [-0.05, 0) is 36.4 Å². The Morgan fingerprint density at radius 3 is 2.06 bits per heavy atom. The lowest BCUT2D eigenvalue weighted by molar-refractivity contribution is 0.0953. The van der Waals surface area contributed by atoms with Gasteiger partial charge in [0, 0.05) is 16.9 Å². The number of carbonyl (C=O) groups is 1. The van der Waals surface area contributed by atoms with Crippen molar-refractivity contribution >= 4 is 17.3 Å². The van der Waals surface area contributed by atoms with Crippen LogP contribution in [0.1, 0.15) is 10.4 Å². The van der Waals surface area contributed by atoms with Gasteiger partial charge in [0.25, 0.3) is 5.91 Å². The van der Waals surface area contributed by atoms with Crippen LogP contribution in [0.3, 0.4) is 0 Å². The lowest BCUT2D eigenvalue weighted by atomic mass is 10.2. The third-order valence-electron chi connectivity index (χ3n) is 2.34. The van der Waals surface area contributed by atoms with E-state index in [1.165, 1.54) is 0 Å². The minimum atomic E-state index is -0.295. The van der Waals surface area contributed by atoms with Gasteiger partial charge in [0.2, 0.25) is 0 Å². The lowest BCUT2D eigenvalue weighted by Crippen LogP contribution is -2.29. The summed E-state index contributed by atoms with van der Waals surface area (Å²) in [5.41, 5.74) is 4.55. The molecule has 17 heavy (non-hydrogen) atoms. The van der Waals surface area contributed by atoms with Crippen molar-refractivity contribution in [3.8, 4) is 0 Å². The Kier molecular flexibility index (Phi) is 3.37. The van der Waals surface area contributed by atoms with Crippen LogP contribution in [-0.4, -0.2) is 5.91 Å². The summed E-state index contributed by atoms with van der Waals surface area (Å²) < 4.78 is 0. The third-order valence-corrected chi connectivity index (χ3v) is 2.34. The second-order valence-electron chi connectivity index (χ2n) is 3.54. The maximum atomic E-state index is 11.2. The summed E-state index contributed by atoms with van der Waals surface area (Å²) in [6, 6.07) is 16.9. The number of nitrogens with one attached hydrogen (secondary N) is 2. The van der Waals surface area contributed by atoms with Crippen molar-refractivity contribution in [2.24, 2.45) is 5.84 Å². The van der Waals surface area contributed by atoms with Gasteiger partial charge in [-0.2, -0.15) is 0 Å². The van der Waals surface area contributed by atoms with Gasteiger partial charge in [-0.1, -0.05) is 18.2 Å². The van der Waals surface area contributed by atoms with Crippen LogP contribution in [0.25, 0.3) is 0 Å². The van der Waals surface area contributed by atoms with Crippen LogP contribution in [0.15, 0.2) is 54.6 Å². The summed E-state index contributed by atoms with van der Waals surface area (Å²) in [6.07, 6.45) is 0. The maximum absolute atomic E-state index is 11.2. The van der Waals surface area contributed by atoms with E-state index in [4.69, 9.17) is 5.84 Å². The molecule has 2 aromatic rings. The number of hydrogen-bond donors (Lipinski definition) is 3. The van der Waals surface area contributed by atoms with Crippen LogP contribution in [0.5, 0.6) is 0 Å². The van der Waals surface area contributed by atoms with Crippen LogP contribution < -0.4 is 16.6 Å². The van der Waals surface area contributed by atoms with Crippen LogP contribution >= 0.6 is 0 Å². The molecule has 2 rings (SSSR count). The van der Waals surface area contributed by atoms with Gasteiger partial charge in [0.05, 0.1) is 0 Å². The zero-order chi connectivity index (χ0) is 12.1. The number of para-hydroxylation sites is 1. The van der Waals surface area contributed by atoms with Crippen molar-refractivity contribution in [1.82, 2.24) is 5.43 Å². The third kappa shape index (κ3) is 2.83. The molecule has 86 valence electrons. The Morgan fingerprint density at radius 2 is 1.47 bits per heavy atom. The molecule has 0 aliphatic rings. The molecule has 0 radical (unpaired) electrons. The highest BCUT2D eigenvalue weighted by Crippen LogP contribution is 2.16. The zero-order valence-electron chi connectivity index (χ0n) is 9.18. The summed E-state index contributed by atoms with van der Waals surface area (Å²) in [4.78, 5) is 11.2. The summed E-state index contributed by atoms with van der Waals surface area (Å²) in [5.74, 6) is 4.76. The van der Waals surface area contributed by atoms with Gasteiger partial charge in [0.15, 0.2) is 0 Å². The summed E-state index contributed by atoms with van der Waals surface area (Å²) in [5, 5.41) is 3.23. The largest absolute Gasteiger partial charge is 0.356 e. The van der Waals surface area contributed by atoms with E-state index in [0.717, 1.165) is 11.4 Å². The molecule has 0 unspecified atom stereocenters. The Morgan fingerprint density at radius 1 is 0.882 bits per heavy atom. The molecule has 0 atom stereocenters. The van der Waals surface area contributed by atoms with Crippen molar-refractivity contribution < 1.29 is 4.79 Å². The predicted octanol–water partition coefficient (Wildman–Crippen LogP) is 2.03. The van der Waals surface area contributed by atoms with Crippen LogP contribution in [0.2, 0.25) is 0 Å². The van der Waals surface area contributed by atoms with E-state index < -0.39 is 0 Å². The average Bonchev–Trinajstić information content (AvgIpc) is 2.40. The van der Waals surface area contributed by atoms with Crippen LogP contribution in [0, 0.1) is 0 Å². The van der Waals surface area contributed by atoms with Gasteiger partial charge in [-0.15, -0.1) is 0 Å².